The summed E-state index contributed by atoms with van der Waals surface area (Å²) in [5.41, 5.74) is 0.514. The average Bonchev–Trinajstić information content (AvgIpc) is 3.48. The van der Waals surface area contributed by atoms with E-state index in [0.717, 1.165) is 25.7 Å². The number of hydrogen-bond donors (Lipinski definition) is 1. The predicted octanol–water partition coefficient (Wildman–Crippen LogP) is 4.68. The lowest BCUT2D eigenvalue weighted by Gasteiger charge is -2.29. The van der Waals surface area contributed by atoms with Crippen molar-refractivity contribution in [3.63, 3.8) is 0 Å². The van der Waals surface area contributed by atoms with Crippen LogP contribution >= 0.6 is 0 Å². The molecule has 2 aliphatic rings. The minimum atomic E-state index is -0.719. The Morgan fingerprint density at radius 2 is 1.97 bits per heavy atom. The first kappa shape index (κ1) is 20.3. The third kappa shape index (κ3) is 3.74. The predicted molar refractivity (Wildman–Crippen MR) is 112 cm³/mol. The first-order valence-corrected chi connectivity index (χ1v) is 10.5. The zero-order valence-electron chi connectivity index (χ0n) is 17.3. The number of carbonyl (C=O) groups excluding carboxylic acids is 2. The van der Waals surface area contributed by atoms with E-state index in [-0.39, 0.29) is 17.4 Å². The molecule has 30 heavy (non-hydrogen) atoms. The van der Waals surface area contributed by atoms with Gasteiger partial charge in [0.05, 0.1) is 18.4 Å². The number of ketones is 1. The molecule has 6 heteroatoms. The van der Waals surface area contributed by atoms with Gasteiger partial charge in [-0.05, 0) is 43.0 Å². The van der Waals surface area contributed by atoms with Crippen molar-refractivity contribution in [3.8, 4) is 5.75 Å². The number of carbonyl (C=O) groups is 2. The van der Waals surface area contributed by atoms with E-state index in [1.54, 1.807) is 41.3 Å². The fraction of sp³-hybridized carbons (Fsp3) is 0.417. The zero-order chi connectivity index (χ0) is 21.3. The first-order chi connectivity index (χ1) is 14.5. The van der Waals surface area contributed by atoms with Gasteiger partial charge in [-0.3, -0.25) is 9.59 Å². The molecule has 1 saturated carbocycles. The number of furan rings is 1. The third-order valence-electron chi connectivity index (χ3n) is 5.70. The summed E-state index contributed by atoms with van der Waals surface area (Å²) in [7, 11) is 0. The van der Waals surface area contributed by atoms with E-state index in [0.29, 0.717) is 29.6 Å². The van der Waals surface area contributed by atoms with Gasteiger partial charge in [-0.25, -0.2) is 0 Å². The van der Waals surface area contributed by atoms with Gasteiger partial charge in [0.2, 0.25) is 0 Å². The van der Waals surface area contributed by atoms with Gasteiger partial charge in [-0.15, -0.1) is 0 Å². The molecule has 1 aliphatic carbocycles. The summed E-state index contributed by atoms with van der Waals surface area (Å²) in [6, 6.07) is 9.70. The molecule has 1 aliphatic heterocycles. The smallest absolute Gasteiger partial charge is 0.296 e. The van der Waals surface area contributed by atoms with Crippen LogP contribution < -0.4 is 4.74 Å². The van der Waals surface area contributed by atoms with Crippen LogP contribution in [0.4, 0.5) is 0 Å². The van der Waals surface area contributed by atoms with Crippen LogP contribution in [0.2, 0.25) is 0 Å². The van der Waals surface area contributed by atoms with Gasteiger partial charge in [0.15, 0.2) is 0 Å². The molecule has 2 heterocycles. The van der Waals surface area contributed by atoms with Crippen molar-refractivity contribution in [1.29, 1.82) is 0 Å². The number of hydrogen-bond acceptors (Lipinski definition) is 5. The quantitative estimate of drug-likeness (QED) is 0.426. The second kappa shape index (κ2) is 8.38. The van der Waals surface area contributed by atoms with Crippen molar-refractivity contribution in [2.75, 3.05) is 6.61 Å². The fourth-order valence-electron chi connectivity index (χ4n) is 4.29. The molecular formula is C24H27NO5. The number of likely N-dealkylation sites (tertiary alicyclic amines) is 1. The Morgan fingerprint density at radius 3 is 2.63 bits per heavy atom. The maximum absolute atomic E-state index is 13.0. The number of amides is 1. The van der Waals surface area contributed by atoms with E-state index in [1.165, 1.54) is 6.26 Å². The van der Waals surface area contributed by atoms with E-state index in [4.69, 9.17) is 9.15 Å². The summed E-state index contributed by atoms with van der Waals surface area (Å²) in [6.45, 7) is 4.65. The summed E-state index contributed by atoms with van der Waals surface area (Å²) < 4.78 is 11.3. The van der Waals surface area contributed by atoms with Crippen LogP contribution in [0, 0.1) is 5.92 Å². The number of rotatable bonds is 6. The Morgan fingerprint density at radius 1 is 1.20 bits per heavy atom. The first-order valence-electron chi connectivity index (χ1n) is 10.5. The number of aliphatic hydroxyl groups excluding tert-OH is 1. The Kier molecular flexibility index (Phi) is 5.66. The molecule has 1 atom stereocenters. The molecule has 2 aromatic rings. The SMILES string of the molecule is CC(C)COc1cccc(/C(O)=C2/C(=O)C(=O)N(C3CCCC3)C2c2ccco2)c1. The van der Waals surface area contributed by atoms with E-state index in [2.05, 4.69) is 13.8 Å². The van der Waals surface area contributed by atoms with Gasteiger partial charge in [0.25, 0.3) is 11.7 Å². The summed E-state index contributed by atoms with van der Waals surface area (Å²) in [6.07, 6.45) is 5.26. The Balaban J connectivity index is 1.76. The third-order valence-corrected chi connectivity index (χ3v) is 5.70. The molecule has 6 nitrogen and oxygen atoms in total. The molecule has 0 radical (unpaired) electrons. The van der Waals surface area contributed by atoms with Gasteiger partial charge in [-0.1, -0.05) is 38.8 Å². The van der Waals surface area contributed by atoms with E-state index < -0.39 is 17.7 Å². The van der Waals surface area contributed by atoms with Crippen molar-refractivity contribution in [2.24, 2.45) is 5.92 Å². The molecule has 158 valence electrons. The highest BCUT2D eigenvalue weighted by Crippen LogP contribution is 2.43. The molecule has 2 fully saturated rings. The molecule has 4 rings (SSSR count). The average molecular weight is 409 g/mol. The Labute approximate surface area is 176 Å². The van der Waals surface area contributed by atoms with E-state index >= 15 is 0 Å². The molecule has 0 bridgehead atoms. The largest absolute Gasteiger partial charge is 0.507 e. The minimum Gasteiger partial charge on any atom is -0.507 e. The summed E-state index contributed by atoms with van der Waals surface area (Å²) in [5, 5.41) is 11.1. The number of Topliss-reactive ketones (excluding diaryl/α,β-unsaturated/α-hetero) is 1. The number of ether oxygens (including phenoxy) is 1. The lowest BCUT2D eigenvalue weighted by molar-refractivity contribution is -0.141. The standard InChI is InChI=1S/C24H27NO5/c1-15(2)14-30-18-10-5-7-16(13-18)22(26)20-21(19-11-6-12-29-19)25(24(28)23(20)27)17-8-3-4-9-17/h5-7,10-13,15,17,21,26H,3-4,8-9,14H2,1-2H3/b22-20-. The second-order valence-electron chi connectivity index (χ2n) is 8.39. The summed E-state index contributed by atoms with van der Waals surface area (Å²) >= 11 is 0. The molecule has 1 saturated heterocycles. The molecule has 1 unspecified atom stereocenters. The van der Waals surface area contributed by atoms with Crippen LogP contribution in [-0.4, -0.2) is 34.3 Å². The van der Waals surface area contributed by atoms with Gasteiger partial charge in [-0.2, -0.15) is 0 Å². The highest BCUT2D eigenvalue weighted by atomic mass is 16.5. The Bertz CT molecular complexity index is 954. The summed E-state index contributed by atoms with van der Waals surface area (Å²) in [5.74, 6) is -0.00303. The monoisotopic (exact) mass is 409 g/mol. The molecular weight excluding hydrogens is 382 g/mol. The van der Waals surface area contributed by atoms with Gasteiger partial charge < -0.3 is 19.2 Å². The Hall–Kier alpha value is -3.02. The molecule has 1 aromatic heterocycles. The van der Waals surface area contributed by atoms with Crippen LogP contribution in [0.3, 0.4) is 0 Å². The van der Waals surface area contributed by atoms with Crippen LogP contribution in [-0.2, 0) is 9.59 Å². The van der Waals surface area contributed by atoms with Crippen molar-refractivity contribution in [1.82, 2.24) is 4.90 Å². The summed E-state index contributed by atoms with van der Waals surface area (Å²) in [4.78, 5) is 27.6. The topological polar surface area (TPSA) is 80.0 Å². The van der Waals surface area contributed by atoms with Crippen molar-refractivity contribution in [3.05, 3.63) is 59.6 Å². The van der Waals surface area contributed by atoms with Crippen LogP contribution in [0.25, 0.3) is 5.76 Å². The zero-order valence-corrected chi connectivity index (χ0v) is 17.3. The van der Waals surface area contributed by atoms with Crippen LogP contribution in [0.5, 0.6) is 5.75 Å². The highest BCUT2D eigenvalue weighted by Gasteiger charge is 2.50. The van der Waals surface area contributed by atoms with Crippen molar-refractivity contribution >= 4 is 17.4 Å². The highest BCUT2D eigenvalue weighted by molar-refractivity contribution is 6.46. The number of aliphatic hydroxyl groups is 1. The molecule has 1 N–H and O–H groups in total. The minimum absolute atomic E-state index is 0.0254. The van der Waals surface area contributed by atoms with Crippen LogP contribution in [0.15, 0.2) is 52.7 Å². The fourth-order valence-corrected chi connectivity index (χ4v) is 4.29. The molecule has 1 aromatic carbocycles. The molecule has 1 amide bonds. The maximum atomic E-state index is 13.0. The van der Waals surface area contributed by atoms with E-state index in [1.807, 2.05) is 0 Å². The normalized spacial score (nSPS) is 21.7. The number of benzene rings is 1. The lowest BCUT2D eigenvalue weighted by atomic mass is 9.98. The lowest BCUT2D eigenvalue weighted by Crippen LogP contribution is -2.37. The van der Waals surface area contributed by atoms with E-state index in [9.17, 15) is 14.7 Å². The van der Waals surface area contributed by atoms with Gasteiger partial charge in [0.1, 0.15) is 23.3 Å². The van der Waals surface area contributed by atoms with Gasteiger partial charge in [0, 0.05) is 11.6 Å². The van der Waals surface area contributed by atoms with Crippen molar-refractivity contribution < 1.29 is 23.8 Å². The maximum Gasteiger partial charge on any atom is 0.296 e. The van der Waals surface area contributed by atoms with Gasteiger partial charge >= 0.3 is 0 Å². The van der Waals surface area contributed by atoms with Crippen molar-refractivity contribution in [2.45, 2.75) is 51.6 Å². The van der Waals surface area contributed by atoms with Crippen LogP contribution in [0.1, 0.15) is 56.9 Å². The number of nitrogens with zero attached hydrogens (tertiary/aromatic N) is 1. The second-order valence-corrected chi connectivity index (χ2v) is 8.39. The molecule has 0 spiro atoms.